The van der Waals surface area contributed by atoms with E-state index in [0.717, 1.165) is 24.9 Å². The number of aromatic hydroxyl groups is 1. The Hall–Kier alpha value is -1.49. The molecular formula is C12H18N2O3. The lowest BCUT2D eigenvalue weighted by atomic mass is 9.97. The van der Waals surface area contributed by atoms with E-state index in [2.05, 4.69) is 10.3 Å². The van der Waals surface area contributed by atoms with Crippen molar-refractivity contribution >= 4 is 0 Å². The summed E-state index contributed by atoms with van der Waals surface area (Å²) in [6, 6.07) is 0.107. The van der Waals surface area contributed by atoms with Gasteiger partial charge in [-0.05, 0) is 19.4 Å². The standard InChI is InChI=1S/C12H18N2O3/c1-16-11-10(8-5-3-4-6-13-8)9(15)7-14-12(11)17-2/h7-8,13,15H,3-6H2,1-2H3. The van der Waals surface area contributed by atoms with Crippen LogP contribution in [0.2, 0.25) is 0 Å². The summed E-state index contributed by atoms with van der Waals surface area (Å²) in [6.07, 6.45) is 4.71. The molecule has 0 spiro atoms. The molecule has 2 heterocycles. The van der Waals surface area contributed by atoms with E-state index in [1.165, 1.54) is 12.6 Å². The fourth-order valence-corrected chi connectivity index (χ4v) is 2.26. The van der Waals surface area contributed by atoms with Crippen LogP contribution in [0.15, 0.2) is 6.20 Å². The lowest BCUT2D eigenvalue weighted by Gasteiger charge is -2.26. The fraction of sp³-hybridized carbons (Fsp3) is 0.583. The Kier molecular flexibility index (Phi) is 3.68. The monoisotopic (exact) mass is 238 g/mol. The van der Waals surface area contributed by atoms with E-state index < -0.39 is 0 Å². The van der Waals surface area contributed by atoms with Crippen molar-refractivity contribution in [2.75, 3.05) is 20.8 Å². The molecule has 1 unspecified atom stereocenters. The largest absolute Gasteiger partial charge is 0.506 e. The Morgan fingerprint density at radius 2 is 2.18 bits per heavy atom. The molecule has 5 heteroatoms. The maximum Gasteiger partial charge on any atom is 0.257 e. The van der Waals surface area contributed by atoms with Crippen LogP contribution in [0.1, 0.15) is 30.9 Å². The molecule has 1 aromatic rings. The van der Waals surface area contributed by atoms with Crippen LogP contribution in [0.4, 0.5) is 0 Å². The van der Waals surface area contributed by atoms with Crippen LogP contribution >= 0.6 is 0 Å². The molecule has 0 saturated carbocycles. The van der Waals surface area contributed by atoms with E-state index in [1.54, 1.807) is 14.2 Å². The molecule has 1 aliphatic rings. The second-order valence-corrected chi connectivity index (χ2v) is 4.10. The first-order chi connectivity index (χ1) is 8.27. The van der Waals surface area contributed by atoms with Gasteiger partial charge >= 0.3 is 0 Å². The zero-order valence-corrected chi connectivity index (χ0v) is 10.2. The number of aromatic nitrogens is 1. The summed E-state index contributed by atoms with van der Waals surface area (Å²) in [5.41, 5.74) is 0.749. The van der Waals surface area contributed by atoms with Crippen molar-refractivity contribution in [1.82, 2.24) is 10.3 Å². The highest BCUT2D eigenvalue weighted by Gasteiger charge is 2.25. The molecule has 0 aromatic carbocycles. The van der Waals surface area contributed by atoms with E-state index in [0.29, 0.717) is 11.6 Å². The highest BCUT2D eigenvalue weighted by atomic mass is 16.5. The van der Waals surface area contributed by atoms with Gasteiger partial charge in [0.25, 0.3) is 5.88 Å². The first-order valence-electron chi connectivity index (χ1n) is 5.81. The van der Waals surface area contributed by atoms with E-state index in [1.807, 2.05) is 0 Å². The van der Waals surface area contributed by atoms with Crippen LogP contribution in [0.5, 0.6) is 17.4 Å². The number of methoxy groups -OCH3 is 2. The van der Waals surface area contributed by atoms with Crippen molar-refractivity contribution in [2.24, 2.45) is 0 Å². The predicted molar refractivity (Wildman–Crippen MR) is 63.6 cm³/mol. The van der Waals surface area contributed by atoms with E-state index in [4.69, 9.17) is 9.47 Å². The number of nitrogens with one attached hydrogen (secondary N) is 1. The lowest BCUT2D eigenvalue weighted by Crippen LogP contribution is -2.27. The zero-order chi connectivity index (χ0) is 12.3. The molecule has 1 aliphatic heterocycles. The number of rotatable bonds is 3. The molecule has 1 atom stereocenters. The number of piperidine rings is 1. The van der Waals surface area contributed by atoms with Gasteiger partial charge in [0.05, 0.1) is 26.0 Å². The summed E-state index contributed by atoms with van der Waals surface area (Å²) in [7, 11) is 3.10. The average molecular weight is 238 g/mol. The number of nitrogens with zero attached hydrogens (tertiary/aromatic N) is 1. The first kappa shape index (κ1) is 12.0. The average Bonchev–Trinajstić information content (AvgIpc) is 2.39. The van der Waals surface area contributed by atoms with Gasteiger partial charge in [-0.2, -0.15) is 0 Å². The minimum Gasteiger partial charge on any atom is -0.506 e. The van der Waals surface area contributed by atoms with Crippen LogP contribution < -0.4 is 14.8 Å². The molecule has 0 aliphatic carbocycles. The van der Waals surface area contributed by atoms with E-state index in [-0.39, 0.29) is 11.8 Å². The Morgan fingerprint density at radius 1 is 1.35 bits per heavy atom. The fourth-order valence-electron chi connectivity index (χ4n) is 2.26. The Bertz CT molecular complexity index is 390. The second-order valence-electron chi connectivity index (χ2n) is 4.10. The van der Waals surface area contributed by atoms with Gasteiger partial charge in [-0.15, -0.1) is 0 Å². The van der Waals surface area contributed by atoms with Crippen LogP contribution in [-0.4, -0.2) is 30.9 Å². The van der Waals surface area contributed by atoms with Gasteiger partial charge in [-0.3, -0.25) is 0 Å². The maximum absolute atomic E-state index is 9.96. The summed E-state index contributed by atoms with van der Waals surface area (Å²) in [4.78, 5) is 4.00. The van der Waals surface area contributed by atoms with E-state index in [9.17, 15) is 5.11 Å². The summed E-state index contributed by atoms with van der Waals surface area (Å²) in [6.45, 7) is 0.956. The van der Waals surface area contributed by atoms with Crippen LogP contribution in [0.3, 0.4) is 0 Å². The topological polar surface area (TPSA) is 63.6 Å². The maximum atomic E-state index is 9.96. The molecule has 1 saturated heterocycles. The van der Waals surface area contributed by atoms with Gasteiger partial charge in [-0.25, -0.2) is 4.98 Å². The molecule has 0 radical (unpaired) electrons. The van der Waals surface area contributed by atoms with Crippen LogP contribution in [-0.2, 0) is 0 Å². The van der Waals surface area contributed by atoms with Gasteiger partial charge in [0.15, 0.2) is 5.75 Å². The van der Waals surface area contributed by atoms with Crippen molar-refractivity contribution in [2.45, 2.75) is 25.3 Å². The smallest absolute Gasteiger partial charge is 0.257 e. The van der Waals surface area contributed by atoms with Crippen molar-refractivity contribution < 1.29 is 14.6 Å². The Balaban J connectivity index is 2.41. The van der Waals surface area contributed by atoms with Crippen LogP contribution in [0, 0.1) is 0 Å². The molecular weight excluding hydrogens is 220 g/mol. The molecule has 0 bridgehead atoms. The molecule has 5 nitrogen and oxygen atoms in total. The number of ether oxygens (including phenoxy) is 2. The van der Waals surface area contributed by atoms with E-state index >= 15 is 0 Å². The number of hydrogen-bond acceptors (Lipinski definition) is 5. The Labute approximate surface area is 101 Å². The summed E-state index contributed by atoms with van der Waals surface area (Å²) < 4.78 is 10.5. The third kappa shape index (κ3) is 2.29. The van der Waals surface area contributed by atoms with Gasteiger partial charge in [0.2, 0.25) is 0 Å². The first-order valence-corrected chi connectivity index (χ1v) is 5.81. The highest BCUT2D eigenvalue weighted by molar-refractivity contribution is 5.50. The quantitative estimate of drug-likeness (QED) is 0.837. The molecule has 17 heavy (non-hydrogen) atoms. The summed E-state index contributed by atoms with van der Waals surface area (Å²) in [5, 5.41) is 13.3. The lowest BCUT2D eigenvalue weighted by molar-refractivity contribution is 0.319. The predicted octanol–water partition coefficient (Wildman–Crippen LogP) is 1.62. The number of hydrogen-bond donors (Lipinski definition) is 2. The molecule has 0 amide bonds. The van der Waals surface area contributed by atoms with Gasteiger partial charge < -0.3 is 19.9 Å². The molecule has 1 fully saturated rings. The van der Waals surface area contributed by atoms with Gasteiger partial charge in [0, 0.05) is 6.04 Å². The van der Waals surface area contributed by atoms with Gasteiger partial charge in [0.1, 0.15) is 5.75 Å². The third-order valence-corrected chi connectivity index (χ3v) is 3.08. The van der Waals surface area contributed by atoms with Crippen molar-refractivity contribution in [3.05, 3.63) is 11.8 Å². The summed E-state index contributed by atoms with van der Waals surface area (Å²) >= 11 is 0. The SMILES string of the molecule is COc1ncc(O)c(C2CCCCN2)c1OC. The van der Waals surface area contributed by atoms with Crippen molar-refractivity contribution in [1.29, 1.82) is 0 Å². The van der Waals surface area contributed by atoms with Gasteiger partial charge in [-0.1, -0.05) is 6.42 Å². The molecule has 2 rings (SSSR count). The Morgan fingerprint density at radius 3 is 2.76 bits per heavy atom. The number of pyridine rings is 1. The zero-order valence-electron chi connectivity index (χ0n) is 10.2. The minimum absolute atomic E-state index is 0.107. The minimum atomic E-state index is 0.107. The molecule has 94 valence electrons. The normalized spacial score (nSPS) is 20.0. The van der Waals surface area contributed by atoms with Crippen molar-refractivity contribution in [3.63, 3.8) is 0 Å². The highest BCUT2D eigenvalue weighted by Crippen LogP contribution is 2.41. The molecule has 2 N–H and O–H groups in total. The van der Waals surface area contributed by atoms with Crippen molar-refractivity contribution in [3.8, 4) is 17.4 Å². The third-order valence-electron chi connectivity index (χ3n) is 3.08. The molecule has 1 aromatic heterocycles. The summed E-state index contributed by atoms with van der Waals surface area (Å²) in [5.74, 6) is 1.08. The second kappa shape index (κ2) is 5.23. The van der Waals surface area contributed by atoms with Crippen LogP contribution in [0.25, 0.3) is 0 Å².